The zero-order valence-electron chi connectivity index (χ0n) is 10.9. The molecular weight excluding hydrogens is 410 g/mol. The maximum Gasteiger partial charge on any atom is 0.141 e. The van der Waals surface area contributed by atoms with Crippen LogP contribution in [-0.4, -0.2) is 7.11 Å². The van der Waals surface area contributed by atoms with Gasteiger partial charge in [0, 0.05) is 16.1 Å². The number of halogens is 4. The van der Waals surface area contributed by atoms with Crippen LogP contribution >= 0.6 is 43.5 Å². The number of hydrogen-bond donors (Lipinski definition) is 0. The fourth-order valence-electron chi connectivity index (χ4n) is 1.95. The average molecular weight is 423 g/mol. The van der Waals surface area contributed by atoms with Crippen LogP contribution < -0.4 is 4.74 Å². The molecule has 0 N–H and O–H groups in total. The summed E-state index contributed by atoms with van der Waals surface area (Å²) >= 11 is 13.3. The molecule has 0 aliphatic carbocycles. The molecule has 5 heteroatoms. The van der Waals surface area contributed by atoms with Gasteiger partial charge in [-0.25, -0.2) is 4.39 Å². The third-order valence-corrected chi connectivity index (χ3v) is 5.20. The largest absolute Gasteiger partial charge is 0.496 e. The Bertz CT molecular complexity index is 646. The molecule has 0 amide bonds. The standard InChI is InChI=1S/C15H12Br2ClFO/c1-8-4-3-5-9(14(8)17)15(18)10-6-11(16)12(19)7-13(10)20-2/h3-7,15H,1-2H3. The summed E-state index contributed by atoms with van der Waals surface area (Å²) in [5.74, 6) is 0.0527. The lowest BCUT2D eigenvalue weighted by Crippen LogP contribution is -2.00. The third-order valence-electron chi connectivity index (χ3n) is 3.04. The Balaban J connectivity index is 2.55. The van der Waals surface area contributed by atoms with Crippen LogP contribution in [-0.2, 0) is 0 Å². The molecule has 0 heterocycles. The zero-order chi connectivity index (χ0) is 14.9. The molecular formula is C15H12Br2ClFO. The van der Waals surface area contributed by atoms with E-state index in [4.69, 9.17) is 16.3 Å². The van der Waals surface area contributed by atoms with Crippen molar-refractivity contribution in [3.63, 3.8) is 0 Å². The van der Waals surface area contributed by atoms with E-state index in [-0.39, 0.29) is 5.82 Å². The van der Waals surface area contributed by atoms with Gasteiger partial charge in [-0.15, -0.1) is 11.6 Å². The minimum atomic E-state index is -0.434. The normalized spacial score (nSPS) is 12.3. The topological polar surface area (TPSA) is 9.23 Å². The molecule has 0 radical (unpaired) electrons. The van der Waals surface area contributed by atoms with Gasteiger partial charge >= 0.3 is 0 Å². The minimum absolute atomic E-state index is 0.364. The van der Waals surface area contributed by atoms with E-state index < -0.39 is 5.38 Å². The van der Waals surface area contributed by atoms with Crippen LogP contribution in [0.2, 0.25) is 0 Å². The molecule has 0 aliphatic heterocycles. The number of alkyl halides is 1. The lowest BCUT2D eigenvalue weighted by atomic mass is 10.0. The van der Waals surface area contributed by atoms with Crippen molar-refractivity contribution in [2.75, 3.05) is 7.11 Å². The molecule has 0 aliphatic rings. The number of benzene rings is 2. The van der Waals surface area contributed by atoms with Gasteiger partial charge in [-0.2, -0.15) is 0 Å². The van der Waals surface area contributed by atoms with Gasteiger partial charge < -0.3 is 4.74 Å². The zero-order valence-corrected chi connectivity index (χ0v) is 14.8. The Morgan fingerprint density at radius 2 is 1.90 bits per heavy atom. The van der Waals surface area contributed by atoms with Crippen molar-refractivity contribution in [2.45, 2.75) is 12.3 Å². The van der Waals surface area contributed by atoms with Crippen molar-refractivity contribution in [1.82, 2.24) is 0 Å². The van der Waals surface area contributed by atoms with E-state index in [9.17, 15) is 4.39 Å². The van der Waals surface area contributed by atoms with Crippen molar-refractivity contribution < 1.29 is 9.13 Å². The van der Waals surface area contributed by atoms with Gasteiger partial charge in [-0.1, -0.05) is 34.1 Å². The molecule has 0 aromatic heterocycles. The van der Waals surface area contributed by atoms with E-state index in [1.165, 1.54) is 13.2 Å². The molecule has 2 aromatic rings. The number of hydrogen-bond acceptors (Lipinski definition) is 1. The molecule has 1 unspecified atom stereocenters. The van der Waals surface area contributed by atoms with E-state index in [1.807, 2.05) is 25.1 Å². The van der Waals surface area contributed by atoms with E-state index in [0.29, 0.717) is 15.8 Å². The Hall–Kier alpha value is -0.580. The molecule has 2 rings (SSSR count). The summed E-state index contributed by atoms with van der Waals surface area (Å²) in [7, 11) is 1.50. The van der Waals surface area contributed by atoms with E-state index in [1.54, 1.807) is 6.07 Å². The van der Waals surface area contributed by atoms with Crippen molar-refractivity contribution in [1.29, 1.82) is 0 Å². The Kier molecular flexibility index (Phi) is 5.10. The second kappa shape index (κ2) is 6.46. The van der Waals surface area contributed by atoms with Crippen molar-refractivity contribution in [2.24, 2.45) is 0 Å². The average Bonchev–Trinajstić information content (AvgIpc) is 2.43. The maximum absolute atomic E-state index is 13.6. The summed E-state index contributed by atoms with van der Waals surface area (Å²) in [6, 6.07) is 8.86. The Labute approximate surface area is 139 Å². The van der Waals surface area contributed by atoms with E-state index in [2.05, 4.69) is 31.9 Å². The number of methoxy groups -OCH3 is 1. The van der Waals surface area contributed by atoms with Gasteiger partial charge in [0.05, 0.1) is 17.0 Å². The van der Waals surface area contributed by atoms with Crippen LogP contribution in [0.5, 0.6) is 5.75 Å². The molecule has 0 bridgehead atoms. The van der Waals surface area contributed by atoms with Crippen LogP contribution in [0.3, 0.4) is 0 Å². The first-order valence-corrected chi connectivity index (χ1v) is 7.90. The molecule has 106 valence electrons. The highest BCUT2D eigenvalue weighted by Gasteiger charge is 2.20. The van der Waals surface area contributed by atoms with Gasteiger partial charge in [0.15, 0.2) is 0 Å². The summed E-state index contributed by atoms with van der Waals surface area (Å²) in [6.07, 6.45) is 0. The molecule has 0 spiro atoms. The fraction of sp³-hybridized carbons (Fsp3) is 0.200. The van der Waals surface area contributed by atoms with E-state index in [0.717, 1.165) is 15.6 Å². The summed E-state index contributed by atoms with van der Waals surface area (Å²) < 4.78 is 20.1. The smallest absolute Gasteiger partial charge is 0.141 e. The van der Waals surface area contributed by atoms with Crippen LogP contribution in [0.1, 0.15) is 22.1 Å². The first-order chi connectivity index (χ1) is 9.45. The predicted molar refractivity (Wildman–Crippen MR) is 87.2 cm³/mol. The second-order valence-electron chi connectivity index (χ2n) is 4.35. The summed E-state index contributed by atoms with van der Waals surface area (Å²) in [5.41, 5.74) is 2.73. The molecule has 0 saturated heterocycles. The highest BCUT2D eigenvalue weighted by molar-refractivity contribution is 9.10. The summed E-state index contributed by atoms with van der Waals surface area (Å²) in [6.45, 7) is 2.00. The highest BCUT2D eigenvalue weighted by Crippen LogP contribution is 2.40. The third kappa shape index (κ3) is 3.02. The molecule has 0 fully saturated rings. The first kappa shape index (κ1) is 15.8. The van der Waals surface area contributed by atoms with Gasteiger partial charge in [0.1, 0.15) is 11.6 Å². The van der Waals surface area contributed by atoms with E-state index >= 15 is 0 Å². The molecule has 2 aromatic carbocycles. The predicted octanol–water partition coefficient (Wildman–Crippen LogP) is 6.00. The molecule has 1 atom stereocenters. The van der Waals surface area contributed by atoms with Gasteiger partial charge in [-0.3, -0.25) is 0 Å². The fourth-order valence-corrected chi connectivity index (χ4v) is 3.29. The number of aryl methyl sites for hydroxylation is 1. The lowest BCUT2D eigenvalue weighted by Gasteiger charge is -2.17. The maximum atomic E-state index is 13.6. The van der Waals surface area contributed by atoms with Gasteiger partial charge in [-0.05, 0) is 40.0 Å². The highest BCUT2D eigenvalue weighted by atomic mass is 79.9. The van der Waals surface area contributed by atoms with Gasteiger partial charge in [0.25, 0.3) is 0 Å². The molecule has 1 nitrogen and oxygen atoms in total. The molecule has 0 saturated carbocycles. The monoisotopic (exact) mass is 420 g/mol. The minimum Gasteiger partial charge on any atom is -0.496 e. The Morgan fingerprint density at radius 1 is 1.20 bits per heavy atom. The van der Waals surface area contributed by atoms with Crippen molar-refractivity contribution in [3.8, 4) is 5.75 Å². The lowest BCUT2D eigenvalue weighted by molar-refractivity contribution is 0.406. The van der Waals surface area contributed by atoms with Crippen molar-refractivity contribution in [3.05, 3.63) is 61.8 Å². The van der Waals surface area contributed by atoms with Crippen LogP contribution in [0.15, 0.2) is 39.3 Å². The number of ether oxygens (including phenoxy) is 1. The second-order valence-corrected chi connectivity index (χ2v) is 6.43. The van der Waals surface area contributed by atoms with Crippen molar-refractivity contribution >= 4 is 43.5 Å². The van der Waals surface area contributed by atoms with Crippen LogP contribution in [0.4, 0.5) is 4.39 Å². The van der Waals surface area contributed by atoms with Gasteiger partial charge in [0.2, 0.25) is 0 Å². The van der Waals surface area contributed by atoms with Crippen LogP contribution in [0.25, 0.3) is 0 Å². The SMILES string of the molecule is COc1cc(F)c(Br)cc1C(Cl)c1cccc(C)c1Br. The van der Waals surface area contributed by atoms with Crippen LogP contribution in [0, 0.1) is 12.7 Å². The summed E-state index contributed by atoms with van der Waals surface area (Å²) in [5, 5.41) is -0.434. The number of rotatable bonds is 3. The first-order valence-electron chi connectivity index (χ1n) is 5.87. The molecule has 20 heavy (non-hydrogen) atoms. The Morgan fingerprint density at radius 3 is 2.55 bits per heavy atom. The summed E-state index contributed by atoms with van der Waals surface area (Å²) in [4.78, 5) is 0. The quantitative estimate of drug-likeness (QED) is 0.552.